The SMILES string of the molecule is COc1cc(CC(=O)NC(C)c2ccc(S(C)(=O)=O)cc2)cc(OC)c1OC. The van der Waals surface area contributed by atoms with Crippen molar-refractivity contribution in [2.45, 2.75) is 24.3 Å². The first-order valence-corrected chi connectivity index (χ1v) is 10.5. The van der Waals surface area contributed by atoms with Crippen LogP contribution in [0.2, 0.25) is 0 Å². The fraction of sp³-hybridized carbons (Fsp3) is 0.350. The second-order valence-corrected chi connectivity index (χ2v) is 8.36. The van der Waals surface area contributed by atoms with Crippen LogP contribution in [0.15, 0.2) is 41.3 Å². The normalized spacial score (nSPS) is 12.2. The Labute approximate surface area is 165 Å². The first kappa shape index (κ1) is 21.6. The van der Waals surface area contributed by atoms with Gasteiger partial charge in [-0.1, -0.05) is 12.1 Å². The van der Waals surface area contributed by atoms with E-state index in [1.807, 2.05) is 6.92 Å². The van der Waals surface area contributed by atoms with Gasteiger partial charge in [0.2, 0.25) is 11.7 Å². The summed E-state index contributed by atoms with van der Waals surface area (Å²) >= 11 is 0. The van der Waals surface area contributed by atoms with Gasteiger partial charge in [-0.3, -0.25) is 4.79 Å². The Morgan fingerprint density at radius 1 is 1.00 bits per heavy atom. The molecule has 2 aromatic rings. The molecule has 1 atom stereocenters. The minimum Gasteiger partial charge on any atom is -0.493 e. The monoisotopic (exact) mass is 407 g/mol. The summed E-state index contributed by atoms with van der Waals surface area (Å²) in [6, 6.07) is 9.64. The van der Waals surface area contributed by atoms with Crippen LogP contribution in [0.5, 0.6) is 17.2 Å². The van der Waals surface area contributed by atoms with E-state index < -0.39 is 9.84 Å². The highest BCUT2D eigenvalue weighted by atomic mass is 32.2. The molecule has 0 saturated carbocycles. The van der Waals surface area contributed by atoms with E-state index in [1.54, 1.807) is 24.3 Å². The molecule has 0 spiro atoms. The van der Waals surface area contributed by atoms with Gasteiger partial charge in [0.25, 0.3) is 0 Å². The van der Waals surface area contributed by atoms with Crippen LogP contribution < -0.4 is 19.5 Å². The van der Waals surface area contributed by atoms with Gasteiger partial charge in [0, 0.05) is 6.26 Å². The third-order valence-electron chi connectivity index (χ3n) is 4.27. The number of benzene rings is 2. The van der Waals surface area contributed by atoms with Crippen LogP contribution in [0.4, 0.5) is 0 Å². The molecule has 8 heteroatoms. The average Bonchev–Trinajstić information content (AvgIpc) is 2.66. The Morgan fingerprint density at radius 2 is 1.54 bits per heavy atom. The number of rotatable bonds is 8. The van der Waals surface area contributed by atoms with E-state index in [4.69, 9.17) is 14.2 Å². The lowest BCUT2D eigenvalue weighted by atomic mass is 10.1. The molecule has 0 heterocycles. The van der Waals surface area contributed by atoms with Crippen molar-refractivity contribution in [1.29, 1.82) is 0 Å². The summed E-state index contributed by atoms with van der Waals surface area (Å²) in [4.78, 5) is 12.7. The highest BCUT2D eigenvalue weighted by Gasteiger charge is 2.16. The molecule has 7 nitrogen and oxygen atoms in total. The first-order valence-electron chi connectivity index (χ1n) is 8.57. The highest BCUT2D eigenvalue weighted by Crippen LogP contribution is 2.38. The molecular formula is C20H25NO6S. The van der Waals surface area contributed by atoms with Crippen LogP contribution in [-0.4, -0.2) is 41.9 Å². The molecule has 152 valence electrons. The summed E-state index contributed by atoms with van der Waals surface area (Å²) in [6.07, 6.45) is 1.28. The summed E-state index contributed by atoms with van der Waals surface area (Å²) in [5.74, 6) is 1.24. The zero-order valence-electron chi connectivity index (χ0n) is 16.6. The Kier molecular flexibility index (Phi) is 6.90. The quantitative estimate of drug-likeness (QED) is 0.723. The summed E-state index contributed by atoms with van der Waals surface area (Å²) in [5, 5.41) is 2.91. The van der Waals surface area contributed by atoms with Gasteiger partial charge in [0.1, 0.15) is 0 Å². The Bertz CT molecular complexity index is 913. The van der Waals surface area contributed by atoms with E-state index in [-0.39, 0.29) is 23.3 Å². The standard InChI is InChI=1S/C20H25NO6S/c1-13(15-6-8-16(9-7-15)28(5,23)24)21-19(22)12-14-10-17(25-2)20(27-4)18(11-14)26-3/h6-11,13H,12H2,1-5H3,(H,21,22). The zero-order valence-corrected chi connectivity index (χ0v) is 17.4. The molecule has 1 amide bonds. The van der Waals surface area contributed by atoms with E-state index in [1.165, 1.54) is 33.5 Å². The van der Waals surface area contributed by atoms with Crippen LogP contribution in [0, 0.1) is 0 Å². The number of ether oxygens (including phenoxy) is 3. The minimum atomic E-state index is -3.25. The summed E-state index contributed by atoms with van der Waals surface area (Å²) in [7, 11) is 1.30. The zero-order chi connectivity index (χ0) is 20.9. The average molecular weight is 407 g/mol. The van der Waals surface area contributed by atoms with Gasteiger partial charge in [-0.05, 0) is 42.3 Å². The predicted molar refractivity (Wildman–Crippen MR) is 106 cm³/mol. The lowest BCUT2D eigenvalue weighted by Gasteiger charge is -2.16. The number of methoxy groups -OCH3 is 3. The van der Waals surface area contributed by atoms with Gasteiger partial charge in [-0.25, -0.2) is 8.42 Å². The fourth-order valence-electron chi connectivity index (χ4n) is 2.80. The third kappa shape index (κ3) is 5.16. The van der Waals surface area contributed by atoms with Crippen molar-refractivity contribution in [1.82, 2.24) is 5.32 Å². The van der Waals surface area contributed by atoms with Gasteiger partial charge < -0.3 is 19.5 Å². The largest absolute Gasteiger partial charge is 0.493 e. The number of carbonyl (C=O) groups is 1. The molecule has 0 aliphatic carbocycles. The van der Waals surface area contributed by atoms with Crippen LogP contribution >= 0.6 is 0 Å². The van der Waals surface area contributed by atoms with Crippen molar-refractivity contribution in [2.24, 2.45) is 0 Å². The van der Waals surface area contributed by atoms with Gasteiger partial charge in [0.05, 0.1) is 38.7 Å². The van der Waals surface area contributed by atoms with Gasteiger partial charge in [0.15, 0.2) is 21.3 Å². The van der Waals surface area contributed by atoms with Crippen molar-refractivity contribution in [3.05, 3.63) is 47.5 Å². The predicted octanol–water partition coefficient (Wildman–Crippen LogP) is 2.54. The van der Waals surface area contributed by atoms with Crippen LogP contribution in [0.25, 0.3) is 0 Å². The van der Waals surface area contributed by atoms with E-state index in [9.17, 15) is 13.2 Å². The second-order valence-electron chi connectivity index (χ2n) is 6.34. The summed E-state index contributed by atoms with van der Waals surface area (Å²) < 4.78 is 39.0. The molecule has 1 unspecified atom stereocenters. The molecule has 0 aliphatic rings. The molecule has 0 bridgehead atoms. The second kappa shape index (κ2) is 8.97. The number of hydrogen-bond donors (Lipinski definition) is 1. The maximum atomic E-state index is 12.5. The van der Waals surface area contributed by atoms with E-state index in [0.717, 1.165) is 11.8 Å². The van der Waals surface area contributed by atoms with Gasteiger partial charge in [-0.15, -0.1) is 0 Å². The maximum Gasteiger partial charge on any atom is 0.224 e. The van der Waals surface area contributed by atoms with Crippen molar-refractivity contribution < 1.29 is 27.4 Å². The Balaban J connectivity index is 2.11. The van der Waals surface area contributed by atoms with Crippen LogP contribution in [-0.2, 0) is 21.1 Å². The van der Waals surface area contributed by atoms with Crippen molar-refractivity contribution in [2.75, 3.05) is 27.6 Å². The van der Waals surface area contributed by atoms with Gasteiger partial charge >= 0.3 is 0 Å². The smallest absolute Gasteiger partial charge is 0.224 e. The molecule has 0 saturated heterocycles. The number of hydrogen-bond acceptors (Lipinski definition) is 6. The van der Waals surface area contributed by atoms with Crippen molar-refractivity contribution in [3.8, 4) is 17.2 Å². The molecular weight excluding hydrogens is 382 g/mol. The molecule has 0 fully saturated rings. The lowest BCUT2D eigenvalue weighted by molar-refractivity contribution is -0.121. The number of nitrogens with one attached hydrogen (secondary N) is 1. The molecule has 0 radical (unpaired) electrons. The number of sulfone groups is 1. The maximum absolute atomic E-state index is 12.5. The topological polar surface area (TPSA) is 90.9 Å². The molecule has 2 aromatic carbocycles. The number of carbonyl (C=O) groups excluding carboxylic acids is 1. The van der Waals surface area contributed by atoms with Crippen molar-refractivity contribution in [3.63, 3.8) is 0 Å². The van der Waals surface area contributed by atoms with Crippen molar-refractivity contribution >= 4 is 15.7 Å². The van der Waals surface area contributed by atoms with E-state index >= 15 is 0 Å². The molecule has 2 rings (SSSR count). The molecule has 0 aliphatic heterocycles. The van der Waals surface area contributed by atoms with Crippen LogP contribution in [0.1, 0.15) is 24.1 Å². The van der Waals surface area contributed by atoms with Gasteiger partial charge in [-0.2, -0.15) is 0 Å². The summed E-state index contributed by atoms with van der Waals surface area (Å²) in [5.41, 5.74) is 1.53. The van der Waals surface area contributed by atoms with E-state index in [0.29, 0.717) is 22.8 Å². The molecule has 28 heavy (non-hydrogen) atoms. The van der Waals surface area contributed by atoms with E-state index in [2.05, 4.69) is 5.32 Å². The minimum absolute atomic E-state index is 0.127. The fourth-order valence-corrected chi connectivity index (χ4v) is 3.43. The summed E-state index contributed by atoms with van der Waals surface area (Å²) in [6.45, 7) is 1.84. The lowest BCUT2D eigenvalue weighted by Crippen LogP contribution is -2.28. The molecule has 0 aromatic heterocycles. The number of amides is 1. The third-order valence-corrected chi connectivity index (χ3v) is 5.40. The Hall–Kier alpha value is -2.74. The molecule has 1 N–H and O–H groups in total. The van der Waals surface area contributed by atoms with Crippen LogP contribution in [0.3, 0.4) is 0 Å². The highest BCUT2D eigenvalue weighted by molar-refractivity contribution is 7.90. The Morgan fingerprint density at radius 3 is 1.96 bits per heavy atom. The first-order chi connectivity index (χ1) is 13.2.